The van der Waals surface area contributed by atoms with Gasteiger partial charge in [-0.3, -0.25) is 0 Å². The van der Waals surface area contributed by atoms with Crippen molar-refractivity contribution in [3.8, 4) is 0 Å². The van der Waals surface area contributed by atoms with Crippen LogP contribution in [0.1, 0.15) is 45.6 Å². The highest BCUT2D eigenvalue weighted by atomic mass is 19.2. The minimum atomic E-state index is -1.74. The summed E-state index contributed by atoms with van der Waals surface area (Å²) in [6.45, 7) is 5.20. The van der Waals surface area contributed by atoms with Crippen molar-refractivity contribution in [2.24, 2.45) is 0 Å². The van der Waals surface area contributed by atoms with E-state index in [0.717, 1.165) is 6.92 Å². The topological polar surface area (TPSA) is 0 Å². The van der Waals surface area contributed by atoms with Crippen molar-refractivity contribution >= 4 is 23.5 Å². The molecular formula is C23H17BF7. The van der Waals surface area contributed by atoms with Crippen LogP contribution in [0.3, 0.4) is 0 Å². The summed E-state index contributed by atoms with van der Waals surface area (Å²) in [5, 5.41) is -0.713. The largest absolute Gasteiger partial charge is 0.206 e. The second kappa shape index (κ2) is 7.28. The van der Waals surface area contributed by atoms with Gasteiger partial charge in [-0.25, -0.2) is 30.7 Å². The third kappa shape index (κ3) is 2.90. The van der Waals surface area contributed by atoms with E-state index in [1.54, 1.807) is 0 Å². The maximum atomic E-state index is 15.2. The van der Waals surface area contributed by atoms with E-state index >= 15 is 4.39 Å². The molecule has 0 nitrogen and oxygen atoms in total. The number of halogens is 7. The molecule has 0 aromatic heterocycles. The van der Waals surface area contributed by atoms with Crippen LogP contribution in [-0.4, -0.2) is 7.28 Å². The number of aryl methyl sites for hydroxylation is 2. The predicted octanol–water partition coefficient (Wildman–Crippen LogP) is 6.06. The molecule has 0 fully saturated rings. The predicted molar refractivity (Wildman–Crippen MR) is 105 cm³/mol. The van der Waals surface area contributed by atoms with Crippen molar-refractivity contribution in [1.82, 2.24) is 0 Å². The van der Waals surface area contributed by atoms with Crippen LogP contribution in [0.2, 0.25) is 0 Å². The quantitative estimate of drug-likeness (QED) is 0.198. The fourth-order valence-corrected chi connectivity index (χ4v) is 4.78. The zero-order valence-corrected chi connectivity index (χ0v) is 17.2. The average Bonchev–Trinajstić information content (AvgIpc) is 3.17. The minimum Gasteiger partial charge on any atom is -0.206 e. The molecule has 8 heteroatoms. The third-order valence-electron chi connectivity index (χ3n) is 6.41. The zero-order valence-electron chi connectivity index (χ0n) is 17.2. The molecule has 1 atom stereocenters. The van der Waals surface area contributed by atoms with Crippen LogP contribution in [0.25, 0.3) is 10.8 Å². The molecule has 1 aliphatic carbocycles. The van der Waals surface area contributed by atoms with Crippen LogP contribution in [0, 0.1) is 68.4 Å². The van der Waals surface area contributed by atoms with E-state index in [4.69, 9.17) is 0 Å². The van der Waals surface area contributed by atoms with Gasteiger partial charge in [-0.1, -0.05) is 0 Å². The van der Waals surface area contributed by atoms with Crippen LogP contribution >= 0.6 is 0 Å². The van der Waals surface area contributed by atoms with Gasteiger partial charge in [-0.15, -0.1) is 0 Å². The number of fused-ring (bicyclic) bond motifs is 2. The van der Waals surface area contributed by atoms with Gasteiger partial charge in [0.15, 0.2) is 36.4 Å². The minimum absolute atomic E-state index is 0.0842. The Bertz CT molecular complexity index is 1250. The van der Waals surface area contributed by atoms with Gasteiger partial charge >= 0.3 is 0 Å². The third-order valence-corrected chi connectivity index (χ3v) is 6.41. The highest BCUT2D eigenvalue weighted by molar-refractivity contribution is 6.56. The maximum absolute atomic E-state index is 15.2. The summed E-state index contributed by atoms with van der Waals surface area (Å²) in [6.07, 6.45) is 0.402. The molecule has 1 unspecified atom stereocenters. The Kier molecular flexibility index (Phi) is 5.10. The van der Waals surface area contributed by atoms with Crippen molar-refractivity contribution in [3.63, 3.8) is 0 Å². The first kappa shape index (κ1) is 21.7. The van der Waals surface area contributed by atoms with Crippen molar-refractivity contribution < 1.29 is 30.7 Å². The maximum Gasteiger partial charge on any atom is 0.195 e. The molecule has 1 radical (unpaired) electrons. The highest BCUT2D eigenvalue weighted by Gasteiger charge is 2.34. The summed E-state index contributed by atoms with van der Waals surface area (Å²) in [5.74, 6) is -9.77. The van der Waals surface area contributed by atoms with E-state index in [1.165, 1.54) is 28.1 Å². The molecule has 0 amide bonds. The Morgan fingerprint density at radius 1 is 0.581 bits per heavy atom. The first-order valence-corrected chi connectivity index (χ1v) is 9.75. The Balaban J connectivity index is 1.95. The van der Waals surface area contributed by atoms with E-state index in [0.29, 0.717) is 11.1 Å². The summed E-state index contributed by atoms with van der Waals surface area (Å²) in [4.78, 5) is 0. The molecule has 3 aromatic rings. The molecule has 4 rings (SSSR count). The summed E-state index contributed by atoms with van der Waals surface area (Å²) in [5.41, 5.74) is -0.220. The van der Waals surface area contributed by atoms with Crippen molar-refractivity contribution in [2.45, 2.75) is 46.4 Å². The second-order valence-electron chi connectivity index (χ2n) is 8.07. The standard InChI is InChI=1S/C23H17BF7/c1-7-13-8(2)18(26)23(31)21(29)15(13)20(28)11-5-6-12(14(7)11)24-16-9(3)17(25)10(4)19(27)22(16)30/h12H,5-6H2,1-4H3. The Morgan fingerprint density at radius 2 is 1.19 bits per heavy atom. The van der Waals surface area contributed by atoms with Gasteiger partial charge in [0.25, 0.3) is 0 Å². The molecule has 0 spiro atoms. The molecule has 0 saturated heterocycles. The molecular weight excluding hydrogens is 420 g/mol. The van der Waals surface area contributed by atoms with Crippen LogP contribution < -0.4 is 5.46 Å². The lowest BCUT2D eigenvalue weighted by atomic mass is 9.55. The van der Waals surface area contributed by atoms with Gasteiger partial charge in [0, 0.05) is 5.56 Å². The van der Waals surface area contributed by atoms with Crippen molar-refractivity contribution in [2.75, 3.05) is 0 Å². The number of rotatable bonds is 2. The second-order valence-corrected chi connectivity index (χ2v) is 8.07. The van der Waals surface area contributed by atoms with Gasteiger partial charge in [-0.05, 0) is 85.0 Å². The fourth-order valence-electron chi connectivity index (χ4n) is 4.78. The Labute approximate surface area is 175 Å². The lowest BCUT2D eigenvalue weighted by molar-refractivity contribution is 0.447. The van der Waals surface area contributed by atoms with Crippen LogP contribution in [0.4, 0.5) is 30.7 Å². The van der Waals surface area contributed by atoms with Crippen LogP contribution in [0.15, 0.2) is 0 Å². The molecule has 0 saturated carbocycles. The normalized spacial score (nSPS) is 15.6. The zero-order chi connectivity index (χ0) is 22.9. The molecule has 0 heterocycles. The smallest absolute Gasteiger partial charge is 0.195 e. The number of benzene rings is 3. The molecule has 1 aliphatic rings. The molecule has 0 bridgehead atoms. The summed E-state index contributed by atoms with van der Waals surface area (Å²) in [6, 6.07) is 0. The molecule has 161 valence electrons. The van der Waals surface area contributed by atoms with Gasteiger partial charge < -0.3 is 0 Å². The summed E-state index contributed by atoms with van der Waals surface area (Å²) in [7, 11) is 1.33. The first-order valence-electron chi connectivity index (χ1n) is 9.75. The monoisotopic (exact) mass is 437 g/mol. The SMILES string of the molecule is Cc1c(F)c(C)c([B]C2CCc3c2c(C)c2c(C)c(F)c(F)c(F)c2c3F)c(F)c1F. The number of hydrogen-bond donors (Lipinski definition) is 0. The van der Waals surface area contributed by atoms with E-state index in [2.05, 4.69) is 0 Å². The highest BCUT2D eigenvalue weighted by Crippen LogP contribution is 2.43. The van der Waals surface area contributed by atoms with Crippen molar-refractivity contribution in [1.29, 1.82) is 0 Å². The molecule has 0 aliphatic heterocycles. The number of hydrogen-bond acceptors (Lipinski definition) is 0. The van der Waals surface area contributed by atoms with Gasteiger partial charge in [0.2, 0.25) is 0 Å². The van der Waals surface area contributed by atoms with Crippen LogP contribution in [-0.2, 0) is 6.42 Å². The Morgan fingerprint density at radius 3 is 1.84 bits per heavy atom. The van der Waals surface area contributed by atoms with Gasteiger partial charge in [0.05, 0.1) is 5.39 Å². The Hall–Kier alpha value is -2.51. The molecule has 0 N–H and O–H groups in total. The molecule has 31 heavy (non-hydrogen) atoms. The first-order chi connectivity index (χ1) is 14.5. The van der Waals surface area contributed by atoms with E-state index < -0.39 is 57.5 Å². The fraction of sp³-hybridized carbons (Fsp3) is 0.304. The lowest BCUT2D eigenvalue weighted by Crippen LogP contribution is -2.30. The summed E-state index contributed by atoms with van der Waals surface area (Å²) < 4.78 is 101. The summed E-state index contributed by atoms with van der Waals surface area (Å²) >= 11 is 0. The van der Waals surface area contributed by atoms with Gasteiger partial charge in [-0.2, -0.15) is 0 Å². The lowest BCUT2D eigenvalue weighted by Gasteiger charge is -2.20. The van der Waals surface area contributed by atoms with E-state index in [9.17, 15) is 26.3 Å². The van der Waals surface area contributed by atoms with E-state index in [1.807, 2.05) is 0 Å². The molecule has 3 aromatic carbocycles. The van der Waals surface area contributed by atoms with Gasteiger partial charge in [0.1, 0.15) is 11.6 Å². The van der Waals surface area contributed by atoms with Crippen LogP contribution in [0.5, 0.6) is 0 Å². The van der Waals surface area contributed by atoms with Crippen molar-refractivity contribution in [3.05, 3.63) is 74.1 Å². The average molecular weight is 437 g/mol. The van der Waals surface area contributed by atoms with E-state index in [-0.39, 0.29) is 40.4 Å².